The van der Waals surface area contributed by atoms with Gasteiger partial charge in [-0.1, -0.05) is 19.1 Å². The molecule has 3 nitrogen and oxygen atoms in total. The molecule has 2 rings (SSSR count). The number of benzene rings is 1. The van der Waals surface area contributed by atoms with Gasteiger partial charge in [0.15, 0.2) is 0 Å². The fourth-order valence-corrected chi connectivity index (χ4v) is 2.39. The number of aryl methyl sites for hydroxylation is 2. The summed E-state index contributed by atoms with van der Waals surface area (Å²) in [6.45, 7) is 3.83. The lowest BCUT2D eigenvalue weighted by Gasteiger charge is -2.17. The van der Waals surface area contributed by atoms with Crippen LogP contribution in [0, 0.1) is 12.7 Å². The largest absolute Gasteiger partial charge is 0.320 e. The number of nitrogens with zero attached hydrogens (tertiary/aromatic N) is 2. The first-order valence-electron chi connectivity index (χ1n) is 6.07. The monoisotopic (exact) mass is 323 g/mol. The van der Waals surface area contributed by atoms with Gasteiger partial charge in [-0.05, 0) is 47.0 Å². The Morgan fingerprint density at radius 1 is 1.32 bits per heavy atom. The van der Waals surface area contributed by atoms with E-state index >= 15 is 0 Å². The lowest BCUT2D eigenvalue weighted by Crippen LogP contribution is -2.17. The minimum Gasteiger partial charge on any atom is -0.320 e. The highest BCUT2D eigenvalue weighted by Crippen LogP contribution is 2.28. The SMILES string of the molecule is CCc1nnc(C)cc1C(N)c1cccc(Br)c1F. The van der Waals surface area contributed by atoms with Crippen LogP contribution in [0.4, 0.5) is 4.39 Å². The van der Waals surface area contributed by atoms with Crippen molar-refractivity contribution in [1.29, 1.82) is 0 Å². The van der Waals surface area contributed by atoms with Crippen molar-refractivity contribution < 1.29 is 4.39 Å². The summed E-state index contributed by atoms with van der Waals surface area (Å²) in [5.74, 6) is -0.327. The van der Waals surface area contributed by atoms with Crippen molar-refractivity contribution in [2.75, 3.05) is 0 Å². The molecule has 2 aromatic rings. The summed E-state index contributed by atoms with van der Waals surface area (Å²) in [4.78, 5) is 0. The van der Waals surface area contributed by atoms with Gasteiger partial charge in [-0.25, -0.2) is 4.39 Å². The summed E-state index contributed by atoms with van der Waals surface area (Å²) in [6, 6.07) is 6.45. The van der Waals surface area contributed by atoms with Gasteiger partial charge in [0.25, 0.3) is 0 Å². The van der Waals surface area contributed by atoms with Gasteiger partial charge in [-0.2, -0.15) is 10.2 Å². The van der Waals surface area contributed by atoms with Gasteiger partial charge < -0.3 is 5.73 Å². The van der Waals surface area contributed by atoms with Crippen LogP contribution in [0.3, 0.4) is 0 Å². The molecule has 1 heterocycles. The Morgan fingerprint density at radius 2 is 2.05 bits per heavy atom. The molecule has 0 amide bonds. The molecule has 1 unspecified atom stereocenters. The van der Waals surface area contributed by atoms with Gasteiger partial charge in [0.1, 0.15) is 5.82 Å². The molecule has 5 heteroatoms. The highest BCUT2D eigenvalue weighted by atomic mass is 79.9. The molecule has 19 heavy (non-hydrogen) atoms. The van der Waals surface area contributed by atoms with E-state index < -0.39 is 6.04 Å². The quantitative estimate of drug-likeness (QED) is 0.942. The first kappa shape index (κ1) is 14.1. The van der Waals surface area contributed by atoms with Crippen LogP contribution in [-0.4, -0.2) is 10.2 Å². The summed E-state index contributed by atoms with van der Waals surface area (Å²) < 4.78 is 14.5. The third-order valence-electron chi connectivity index (χ3n) is 3.01. The number of halogens is 2. The Bertz CT molecular complexity index is 601. The number of hydrogen-bond donors (Lipinski definition) is 1. The first-order valence-corrected chi connectivity index (χ1v) is 6.86. The summed E-state index contributed by atoms with van der Waals surface area (Å²) in [7, 11) is 0. The first-order chi connectivity index (χ1) is 9.04. The molecule has 0 aliphatic rings. The molecule has 0 bridgehead atoms. The average Bonchev–Trinajstić information content (AvgIpc) is 2.41. The molecular weight excluding hydrogens is 309 g/mol. The van der Waals surface area contributed by atoms with Crippen molar-refractivity contribution in [2.45, 2.75) is 26.3 Å². The molecule has 1 aromatic heterocycles. The molecule has 2 N–H and O–H groups in total. The molecule has 0 fully saturated rings. The highest BCUT2D eigenvalue weighted by molar-refractivity contribution is 9.10. The van der Waals surface area contributed by atoms with Gasteiger partial charge in [0.2, 0.25) is 0 Å². The molecule has 0 aliphatic heterocycles. The van der Waals surface area contributed by atoms with Crippen LogP contribution < -0.4 is 5.73 Å². The van der Waals surface area contributed by atoms with Crippen molar-refractivity contribution in [2.24, 2.45) is 5.73 Å². The standard InChI is InChI=1S/C14H15BrFN3/c1-3-12-10(7-8(2)18-19-12)14(17)9-5-4-6-11(15)13(9)16/h4-7,14H,3,17H2,1-2H3. The van der Waals surface area contributed by atoms with Gasteiger partial charge in [-0.3, -0.25) is 0 Å². The lowest BCUT2D eigenvalue weighted by molar-refractivity contribution is 0.591. The summed E-state index contributed by atoms with van der Waals surface area (Å²) in [6.07, 6.45) is 0.714. The van der Waals surface area contributed by atoms with Crippen LogP contribution in [-0.2, 0) is 6.42 Å². The molecular formula is C14H15BrFN3. The Morgan fingerprint density at radius 3 is 2.74 bits per heavy atom. The lowest BCUT2D eigenvalue weighted by atomic mass is 9.97. The predicted octanol–water partition coefficient (Wildman–Crippen LogP) is 3.30. The topological polar surface area (TPSA) is 51.8 Å². The van der Waals surface area contributed by atoms with Gasteiger partial charge in [0, 0.05) is 5.56 Å². The summed E-state index contributed by atoms with van der Waals surface area (Å²) >= 11 is 3.18. The molecule has 0 saturated heterocycles. The molecule has 100 valence electrons. The van der Waals surface area contributed by atoms with Gasteiger partial charge in [-0.15, -0.1) is 0 Å². The Kier molecular flexibility index (Phi) is 4.27. The normalized spacial score (nSPS) is 12.5. The van der Waals surface area contributed by atoms with Crippen molar-refractivity contribution in [3.8, 4) is 0 Å². The summed E-state index contributed by atoms with van der Waals surface area (Å²) in [5, 5.41) is 8.15. The van der Waals surface area contributed by atoms with Crippen molar-refractivity contribution in [3.05, 3.63) is 57.1 Å². The van der Waals surface area contributed by atoms with E-state index in [9.17, 15) is 4.39 Å². The van der Waals surface area contributed by atoms with E-state index in [-0.39, 0.29) is 5.82 Å². The minimum absolute atomic E-state index is 0.327. The average molecular weight is 324 g/mol. The van der Waals surface area contributed by atoms with E-state index in [0.29, 0.717) is 16.5 Å². The van der Waals surface area contributed by atoms with E-state index in [1.54, 1.807) is 18.2 Å². The fraction of sp³-hybridized carbons (Fsp3) is 0.286. The summed E-state index contributed by atoms with van der Waals surface area (Å²) in [5.41, 5.74) is 9.06. The van der Waals surface area contributed by atoms with Crippen molar-refractivity contribution in [3.63, 3.8) is 0 Å². The second-order valence-corrected chi connectivity index (χ2v) is 5.22. The van der Waals surface area contributed by atoms with Crippen LogP contribution >= 0.6 is 15.9 Å². The zero-order valence-electron chi connectivity index (χ0n) is 10.8. The molecule has 1 atom stereocenters. The second kappa shape index (κ2) is 5.75. The Labute approximate surface area is 120 Å². The van der Waals surface area contributed by atoms with Crippen LogP contribution in [0.1, 0.15) is 35.5 Å². The van der Waals surface area contributed by atoms with Gasteiger partial charge >= 0.3 is 0 Å². The third-order valence-corrected chi connectivity index (χ3v) is 3.62. The Hall–Kier alpha value is -1.33. The predicted molar refractivity (Wildman–Crippen MR) is 76.3 cm³/mol. The number of nitrogens with two attached hydrogens (primary N) is 1. The van der Waals surface area contributed by atoms with Crippen LogP contribution in [0.15, 0.2) is 28.7 Å². The van der Waals surface area contributed by atoms with E-state index in [1.807, 2.05) is 19.9 Å². The number of rotatable bonds is 3. The maximum absolute atomic E-state index is 14.1. The molecule has 1 aromatic carbocycles. The zero-order chi connectivity index (χ0) is 14.0. The van der Waals surface area contributed by atoms with Crippen LogP contribution in [0.2, 0.25) is 0 Å². The molecule has 0 aliphatic carbocycles. The Balaban J connectivity index is 2.52. The highest BCUT2D eigenvalue weighted by Gasteiger charge is 2.19. The van der Waals surface area contributed by atoms with E-state index in [2.05, 4.69) is 26.1 Å². The smallest absolute Gasteiger partial charge is 0.142 e. The fourth-order valence-electron chi connectivity index (χ4n) is 2.01. The molecule has 0 spiro atoms. The van der Waals surface area contributed by atoms with Gasteiger partial charge in [0.05, 0.1) is 21.9 Å². The number of hydrogen-bond acceptors (Lipinski definition) is 3. The maximum Gasteiger partial charge on any atom is 0.142 e. The second-order valence-electron chi connectivity index (χ2n) is 4.36. The van der Waals surface area contributed by atoms with E-state index in [1.165, 1.54) is 0 Å². The van der Waals surface area contributed by atoms with E-state index in [4.69, 9.17) is 5.73 Å². The zero-order valence-corrected chi connectivity index (χ0v) is 12.4. The van der Waals surface area contributed by atoms with Crippen LogP contribution in [0.25, 0.3) is 0 Å². The third kappa shape index (κ3) is 2.82. The van der Waals surface area contributed by atoms with E-state index in [0.717, 1.165) is 17.0 Å². The molecule has 0 radical (unpaired) electrons. The molecule has 0 saturated carbocycles. The van der Waals surface area contributed by atoms with Crippen molar-refractivity contribution >= 4 is 15.9 Å². The number of aromatic nitrogens is 2. The van der Waals surface area contributed by atoms with Crippen LogP contribution in [0.5, 0.6) is 0 Å². The minimum atomic E-state index is -0.540. The maximum atomic E-state index is 14.1. The van der Waals surface area contributed by atoms with Crippen molar-refractivity contribution in [1.82, 2.24) is 10.2 Å².